The standard InChI is InChI=1S/C14H23ClO2Si/c1-5-16-14(17-6-2)11-7-8-13(18(3)4)12(9-11)10-15/h7-9,14,18H,5-6,10H2,1-4H3. The quantitative estimate of drug-likeness (QED) is 0.435. The molecule has 0 aliphatic carbocycles. The fraction of sp³-hybridized carbons (Fsp3) is 0.571. The van der Waals surface area contributed by atoms with Crippen LogP contribution in [0.25, 0.3) is 0 Å². The summed E-state index contributed by atoms with van der Waals surface area (Å²) in [7, 11) is -0.836. The second-order valence-electron chi connectivity index (χ2n) is 4.49. The van der Waals surface area contributed by atoms with Crippen LogP contribution in [0, 0.1) is 0 Å². The highest BCUT2D eigenvalue weighted by Crippen LogP contribution is 2.20. The van der Waals surface area contributed by atoms with Gasteiger partial charge in [0.05, 0.1) is 8.80 Å². The monoisotopic (exact) mass is 286 g/mol. The molecule has 0 bridgehead atoms. The zero-order chi connectivity index (χ0) is 13.5. The van der Waals surface area contributed by atoms with Gasteiger partial charge in [0, 0.05) is 24.7 Å². The van der Waals surface area contributed by atoms with Gasteiger partial charge in [-0.05, 0) is 25.5 Å². The largest absolute Gasteiger partial charge is 0.349 e. The van der Waals surface area contributed by atoms with Crippen molar-refractivity contribution >= 4 is 25.6 Å². The van der Waals surface area contributed by atoms with Crippen molar-refractivity contribution in [3.63, 3.8) is 0 Å². The van der Waals surface area contributed by atoms with E-state index in [1.54, 1.807) is 0 Å². The molecule has 0 aliphatic rings. The maximum absolute atomic E-state index is 6.05. The van der Waals surface area contributed by atoms with E-state index in [-0.39, 0.29) is 6.29 Å². The SMILES string of the molecule is CCOC(OCC)c1ccc([SiH](C)C)c(CCl)c1. The number of alkyl halides is 1. The highest BCUT2D eigenvalue weighted by molar-refractivity contribution is 6.71. The topological polar surface area (TPSA) is 18.5 Å². The Morgan fingerprint density at radius 2 is 1.78 bits per heavy atom. The van der Waals surface area contributed by atoms with Crippen molar-refractivity contribution in [2.24, 2.45) is 0 Å². The molecule has 1 aromatic rings. The fourth-order valence-electron chi connectivity index (χ4n) is 1.99. The second kappa shape index (κ2) is 7.95. The van der Waals surface area contributed by atoms with Crippen molar-refractivity contribution in [1.82, 2.24) is 0 Å². The Hall–Kier alpha value is -0.353. The van der Waals surface area contributed by atoms with Gasteiger partial charge in [-0.3, -0.25) is 0 Å². The molecule has 102 valence electrons. The van der Waals surface area contributed by atoms with Crippen LogP contribution in [0.1, 0.15) is 31.3 Å². The molecule has 0 heterocycles. The van der Waals surface area contributed by atoms with Crippen molar-refractivity contribution in [2.75, 3.05) is 13.2 Å². The zero-order valence-electron chi connectivity index (χ0n) is 11.7. The molecule has 0 aromatic heterocycles. The fourth-order valence-corrected chi connectivity index (χ4v) is 3.76. The van der Waals surface area contributed by atoms with Gasteiger partial charge in [0.15, 0.2) is 6.29 Å². The molecule has 0 spiro atoms. The lowest BCUT2D eigenvalue weighted by Gasteiger charge is -2.19. The Morgan fingerprint density at radius 1 is 1.17 bits per heavy atom. The summed E-state index contributed by atoms with van der Waals surface area (Å²) in [5, 5.41) is 1.43. The predicted octanol–water partition coefficient (Wildman–Crippen LogP) is 3.19. The van der Waals surface area contributed by atoms with Crippen LogP contribution >= 0.6 is 11.6 Å². The number of benzene rings is 1. The average molecular weight is 287 g/mol. The molecule has 0 saturated carbocycles. The van der Waals surface area contributed by atoms with Crippen LogP contribution in [0.4, 0.5) is 0 Å². The lowest BCUT2D eigenvalue weighted by molar-refractivity contribution is -0.140. The van der Waals surface area contributed by atoms with Crippen LogP contribution < -0.4 is 5.19 Å². The van der Waals surface area contributed by atoms with E-state index < -0.39 is 8.80 Å². The third-order valence-electron chi connectivity index (χ3n) is 2.84. The van der Waals surface area contributed by atoms with Crippen LogP contribution in [0.5, 0.6) is 0 Å². The van der Waals surface area contributed by atoms with E-state index in [0.717, 1.165) is 5.56 Å². The summed E-state index contributed by atoms with van der Waals surface area (Å²) in [6.07, 6.45) is -0.273. The van der Waals surface area contributed by atoms with Crippen LogP contribution in [-0.2, 0) is 15.4 Å². The number of halogens is 1. The molecule has 0 amide bonds. The first kappa shape index (κ1) is 15.7. The smallest absolute Gasteiger partial charge is 0.183 e. The van der Waals surface area contributed by atoms with Gasteiger partial charge in [-0.2, -0.15) is 0 Å². The molecule has 0 N–H and O–H groups in total. The third-order valence-corrected chi connectivity index (χ3v) is 4.94. The first-order chi connectivity index (χ1) is 8.63. The molecule has 18 heavy (non-hydrogen) atoms. The minimum absolute atomic E-state index is 0.273. The van der Waals surface area contributed by atoms with E-state index in [0.29, 0.717) is 19.1 Å². The predicted molar refractivity (Wildman–Crippen MR) is 80.5 cm³/mol. The van der Waals surface area contributed by atoms with Gasteiger partial charge in [0.2, 0.25) is 0 Å². The second-order valence-corrected chi connectivity index (χ2v) is 7.69. The van der Waals surface area contributed by atoms with E-state index in [1.807, 2.05) is 13.8 Å². The molecule has 0 saturated heterocycles. The van der Waals surface area contributed by atoms with Crippen molar-refractivity contribution in [3.8, 4) is 0 Å². The van der Waals surface area contributed by atoms with Crippen LogP contribution in [0.15, 0.2) is 18.2 Å². The lowest BCUT2D eigenvalue weighted by atomic mass is 10.1. The summed E-state index contributed by atoms with van der Waals surface area (Å²) in [6.45, 7) is 9.86. The number of hydrogen-bond donors (Lipinski definition) is 0. The molecule has 1 aromatic carbocycles. The van der Waals surface area contributed by atoms with Gasteiger partial charge in [-0.1, -0.05) is 30.4 Å². The molecule has 0 unspecified atom stereocenters. The van der Waals surface area contributed by atoms with Crippen molar-refractivity contribution in [2.45, 2.75) is 39.1 Å². The first-order valence-corrected chi connectivity index (χ1v) is 9.98. The Balaban J connectivity index is 3.01. The van der Waals surface area contributed by atoms with E-state index >= 15 is 0 Å². The molecular formula is C14H23ClO2Si. The van der Waals surface area contributed by atoms with E-state index in [1.165, 1.54) is 10.8 Å². The number of rotatable bonds is 7. The highest BCUT2D eigenvalue weighted by Gasteiger charge is 2.14. The van der Waals surface area contributed by atoms with Gasteiger partial charge in [0.25, 0.3) is 0 Å². The van der Waals surface area contributed by atoms with E-state index in [9.17, 15) is 0 Å². The molecule has 0 aliphatic heterocycles. The zero-order valence-corrected chi connectivity index (χ0v) is 13.6. The summed E-state index contributed by atoms with van der Waals surface area (Å²) in [5.41, 5.74) is 2.29. The van der Waals surface area contributed by atoms with Gasteiger partial charge in [0.1, 0.15) is 0 Å². The van der Waals surface area contributed by atoms with E-state index in [4.69, 9.17) is 21.1 Å². The Labute approximate surface area is 117 Å². The summed E-state index contributed by atoms with van der Waals surface area (Å²) in [5.74, 6) is 0.555. The lowest BCUT2D eigenvalue weighted by Crippen LogP contribution is -2.27. The van der Waals surface area contributed by atoms with Crippen molar-refractivity contribution in [3.05, 3.63) is 29.3 Å². The summed E-state index contributed by atoms with van der Waals surface area (Å²) in [4.78, 5) is 0. The first-order valence-electron chi connectivity index (χ1n) is 6.55. The molecule has 2 nitrogen and oxygen atoms in total. The maximum atomic E-state index is 6.05. The Bertz CT molecular complexity index is 363. The maximum Gasteiger partial charge on any atom is 0.183 e. The molecule has 1 rings (SSSR count). The molecule has 0 fully saturated rings. The van der Waals surface area contributed by atoms with Crippen LogP contribution in [0.2, 0.25) is 13.1 Å². The van der Waals surface area contributed by atoms with E-state index in [2.05, 4.69) is 31.3 Å². The Kier molecular flexibility index (Phi) is 6.93. The van der Waals surface area contributed by atoms with Crippen molar-refractivity contribution in [1.29, 1.82) is 0 Å². The van der Waals surface area contributed by atoms with Gasteiger partial charge < -0.3 is 9.47 Å². The Morgan fingerprint density at radius 3 is 2.22 bits per heavy atom. The average Bonchev–Trinajstić information content (AvgIpc) is 2.37. The van der Waals surface area contributed by atoms with Crippen LogP contribution in [-0.4, -0.2) is 22.0 Å². The minimum atomic E-state index is -0.836. The molecular weight excluding hydrogens is 264 g/mol. The van der Waals surface area contributed by atoms with Gasteiger partial charge >= 0.3 is 0 Å². The third kappa shape index (κ3) is 4.09. The van der Waals surface area contributed by atoms with Gasteiger partial charge in [-0.25, -0.2) is 0 Å². The summed E-state index contributed by atoms with van der Waals surface area (Å²) < 4.78 is 11.2. The molecule has 0 atom stereocenters. The van der Waals surface area contributed by atoms with Gasteiger partial charge in [-0.15, -0.1) is 11.6 Å². The number of hydrogen-bond acceptors (Lipinski definition) is 2. The van der Waals surface area contributed by atoms with Crippen LogP contribution in [0.3, 0.4) is 0 Å². The normalized spacial score (nSPS) is 11.5. The molecule has 4 heteroatoms. The molecule has 0 radical (unpaired) electrons. The van der Waals surface area contributed by atoms with Crippen molar-refractivity contribution < 1.29 is 9.47 Å². The summed E-state index contributed by atoms with van der Waals surface area (Å²) in [6, 6.07) is 6.43. The summed E-state index contributed by atoms with van der Waals surface area (Å²) >= 11 is 6.05. The minimum Gasteiger partial charge on any atom is -0.349 e. The highest BCUT2D eigenvalue weighted by atomic mass is 35.5. The number of ether oxygens (including phenoxy) is 2.